The minimum absolute atomic E-state index is 0.264. The van der Waals surface area contributed by atoms with Gasteiger partial charge >= 0.3 is 5.69 Å². The first kappa shape index (κ1) is 19.9. The normalized spacial score (nSPS) is 11.3. The van der Waals surface area contributed by atoms with Crippen LogP contribution in [0.15, 0.2) is 64.4 Å². The Balaban J connectivity index is 1.37. The van der Waals surface area contributed by atoms with Crippen LogP contribution in [0.25, 0.3) is 32.0 Å². The number of carbonyl (C=O) groups is 1. The monoisotopic (exact) mass is 446 g/mol. The van der Waals surface area contributed by atoms with Gasteiger partial charge < -0.3 is 9.88 Å². The van der Waals surface area contributed by atoms with Gasteiger partial charge in [-0.15, -0.1) is 11.3 Å². The Labute approximate surface area is 185 Å². The molecule has 1 N–H and O–H groups in total. The molecular weight excluding hydrogens is 428 g/mol. The summed E-state index contributed by atoms with van der Waals surface area (Å²) in [5, 5.41) is 3.63. The van der Waals surface area contributed by atoms with Gasteiger partial charge in [0.1, 0.15) is 11.6 Å². The number of amides is 1. The molecule has 10 heteroatoms. The lowest BCUT2D eigenvalue weighted by molar-refractivity contribution is -0.116. The van der Waals surface area contributed by atoms with Gasteiger partial charge in [0, 0.05) is 25.3 Å². The molecule has 0 bridgehead atoms. The molecule has 5 aromatic rings. The highest BCUT2D eigenvalue weighted by Crippen LogP contribution is 2.30. The van der Waals surface area contributed by atoms with E-state index in [2.05, 4.69) is 15.3 Å². The van der Waals surface area contributed by atoms with Crippen molar-refractivity contribution >= 4 is 44.3 Å². The van der Waals surface area contributed by atoms with E-state index in [1.54, 1.807) is 30.5 Å². The van der Waals surface area contributed by atoms with Gasteiger partial charge in [-0.1, -0.05) is 12.1 Å². The fourth-order valence-corrected chi connectivity index (χ4v) is 4.54. The highest BCUT2D eigenvalue weighted by molar-refractivity contribution is 7.21. The predicted octanol–water partition coefficient (Wildman–Crippen LogP) is 2.35. The number of aryl methyl sites for hydroxylation is 2. The molecule has 5 rings (SSSR count). The zero-order valence-corrected chi connectivity index (χ0v) is 18.1. The zero-order valence-electron chi connectivity index (χ0n) is 17.3. The van der Waals surface area contributed by atoms with Crippen LogP contribution in [-0.2, 0) is 25.4 Å². The Morgan fingerprint density at radius 2 is 1.81 bits per heavy atom. The van der Waals surface area contributed by atoms with Crippen LogP contribution in [0.2, 0.25) is 0 Å². The van der Waals surface area contributed by atoms with E-state index >= 15 is 0 Å². The maximum atomic E-state index is 12.7. The van der Waals surface area contributed by atoms with Crippen molar-refractivity contribution in [1.82, 2.24) is 23.7 Å². The number of rotatable bonds is 4. The molecule has 160 valence electrons. The molecule has 2 aromatic carbocycles. The molecular formula is C22H18N6O3S. The third kappa shape index (κ3) is 3.30. The lowest BCUT2D eigenvalue weighted by Crippen LogP contribution is -2.42. The SMILES string of the molecule is Cn1cnc2c1c(=O)n(CC(=O)Nc1ccc(-c3nc4ccccc4s3)cc1)c(=O)n2C. The van der Waals surface area contributed by atoms with E-state index in [0.717, 1.165) is 25.4 Å². The highest BCUT2D eigenvalue weighted by Gasteiger charge is 2.17. The molecule has 0 saturated heterocycles. The Morgan fingerprint density at radius 3 is 2.56 bits per heavy atom. The number of para-hydroxylation sites is 1. The quantitative estimate of drug-likeness (QED) is 0.456. The topological polar surface area (TPSA) is 104 Å². The van der Waals surface area contributed by atoms with Crippen molar-refractivity contribution in [2.75, 3.05) is 5.32 Å². The van der Waals surface area contributed by atoms with Gasteiger partial charge in [-0.2, -0.15) is 0 Å². The number of imidazole rings is 1. The van der Waals surface area contributed by atoms with E-state index < -0.39 is 23.7 Å². The molecule has 32 heavy (non-hydrogen) atoms. The molecule has 3 aromatic heterocycles. The van der Waals surface area contributed by atoms with Crippen molar-refractivity contribution in [3.63, 3.8) is 0 Å². The number of nitrogens with zero attached hydrogens (tertiary/aromatic N) is 5. The summed E-state index contributed by atoms with van der Waals surface area (Å²) >= 11 is 1.60. The summed E-state index contributed by atoms with van der Waals surface area (Å²) < 4.78 is 4.81. The molecule has 0 aliphatic carbocycles. The summed E-state index contributed by atoms with van der Waals surface area (Å²) in [6, 6.07) is 15.2. The summed E-state index contributed by atoms with van der Waals surface area (Å²) in [5.74, 6) is -0.474. The second-order valence-corrected chi connectivity index (χ2v) is 8.40. The number of hydrogen-bond acceptors (Lipinski definition) is 6. The van der Waals surface area contributed by atoms with Crippen molar-refractivity contribution in [2.45, 2.75) is 6.54 Å². The van der Waals surface area contributed by atoms with Crippen LogP contribution < -0.4 is 16.6 Å². The first-order valence-electron chi connectivity index (χ1n) is 9.79. The van der Waals surface area contributed by atoms with Gasteiger partial charge in [-0.3, -0.25) is 14.2 Å². The second-order valence-electron chi connectivity index (χ2n) is 7.37. The van der Waals surface area contributed by atoms with Crippen molar-refractivity contribution < 1.29 is 4.79 Å². The van der Waals surface area contributed by atoms with E-state index in [-0.39, 0.29) is 11.2 Å². The average molecular weight is 446 g/mol. The standard InChI is InChI=1S/C22H18N6O3S/c1-26-12-23-19-18(26)21(30)28(22(31)27(19)2)11-17(29)24-14-9-7-13(8-10-14)20-25-15-5-3-4-6-16(15)32-20/h3-10,12H,11H2,1-2H3,(H,24,29). The van der Waals surface area contributed by atoms with E-state index in [1.165, 1.54) is 22.5 Å². The number of thiazole rings is 1. The lowest BCUT2D eigenvalue weighted by Gasteiger charge is -2.09. The van der Waals surface area contributed by atoms with E-state index in [9.17, 15) is 14.4 Å². The van der Waals surface area contributed by atoms with Crippen molar-refractivity contribution in [2.24, 2.45) is 14.1 Å². The number of benzene rings is 2. The van der Waals surface area contributed by atoms with Crippen LogP contribution in [-0.4, -0.2) is 29.6 Å². The van der Waals surface area contributed by atoms with Crippen molar-refractivity contribution in [3.05, 3.63) is 75.7 Å². The molecule has 0 aliphatic rings. The molecule has 0 atom stereocenters. The van der Waals surface area contributed by atoms with Crippen LogP contribution in [0.3, 0.4) is 0 Å². The molecule has 0 saturated carbocycles. The number of fused-ring (bicyclic) bond motifs is 2. The summed E-state index contributed by atoms with van der Waals surface area (Å²) in [4.78, 5) is 46.6. The van der Waals surface area contributed by atoms with Gasteiger partial charge in [0.15, 0.2) is 11.2 Å². The Hall–Kier alpha value is -4.05. The molecule has 3 heterocycles. The van der Waals surface area contributed by atoms with Gasteiger partial charge in [0.25, 0.3) is 5.56 Å². The Bertz CT molecular complexity index is 1570. The summed E-state index contributed by atoms with van der Waals surface area (Å²) in [6.45, 7) is -0.397. The molecule has 0 aliphatic heterocycles. The third-order valence-electron chi connectivity index (χ3n) is 5.21. The molecule has 0 radical (unpaired) electrons. The minimum Gasteiger partial charge on any atom is -0.328 e. The molecule has 0 spiro atoms. The summed E-state index contributed by atoms with van der Waals surface area (Å²) in [6.07, 6.45) is 1.46. The van der Waals surface area contributed by atoms with E-state index in [1.807, 2.05) is 36.4 Å². The largest absolute Gasteiger partial charge is 0.332 e. The molecule has 1 amide bonds. The number of aromatic nitrogens is 5. The molecule has 9 nitrogen and oxygen atoms in total. The number of carbonyl (C=O) groups excluding carboxylic acids is 1. The van der Waals surface area contributed by atoms with Crippen molar-refractivity contribution in [1.29, 1.82) is 0 Å². The minimum atomic E-state index is -0.595. The van der Waals surface area contributed by atoms with Crippen LogP contribution in [0.5, 0.6) is 0 Å². The number of anilines is 1. The second kappa shape index (κ2) is 7.57. The third-order valence-corrected chi connectivity index (χ3v) is 6.30. The van der Waals surface area contributed by atoms with Crippen LogP contribution >= 0.6 is 11.3 Å². The zero-order chi connectivity index (χ0) is 22.4. The van der Waals surface area contributed by atoms with Crippen LogP contribution in [0.4, 0.5) is 5.69 Å². The Kier molecular flexibility index (Phi) is 4.71. The van der Waals surface area contributed by atoms with Crippen LogP contribution in [0.1, 0.15) is 0 Å². The van der Waals surface area contributed by atoms with Gasteiger partial charge in [-0.05, 0) is 36.4 Å². The van der Waals surface area contributed by atoms with Crippen molar-refractivity contribution in [3.8, 4) is 10.6 Å². The fourth-order valence-electron chi connectivity index (χ4n) is 3.57. The number of nitrogens with one attached hydrogen (secondary N) is 1. The maximum Gasteiger partial charge on any atom is 0.332 e. The van der Waals surface area contributed by atoms with E-state index in [0.29, 0.717) is 5.69 Å². The first-order valence-corrected chi connectivity index (χ1v) is 10.6. The van der Waals surface area contributed by atoms with Gasteiger partial charge in [-0.25, -0.2) is 19.3 Å². The lowest BCUT2D eigenvalue weighted by atomic mass is 10.2. The number of hydrogen-bond donors (Lipinski definition) is 1. The average Bonchev–Trinajstić information content (AvgIpc) is 3.39. The first-order chi connectivity index (χ1) is 15.4. The summed E-state index contributed by atoms with van der Waals surface area (Å²) in [5.41, 5.74) is 1.85. The highest BCUT2D eigenvalue weighted by atomic mass is 32.1. The fraction of sp³-hybridized carbons (Fsp3) is 0.136. The maximum absolute atomic E-state index is 12.7. The summed E-state index contributed by atoms with van der Waals surface area (Å²) in [7, 11) is 3.19. The van der Waals surface area contributed by atoms with E-state index in [4.69, 9.17) is 0 Å². The molecule has 0 fully saturated rings. The Morgan fingerprint density at radius 1 is 1.06 bits per heavy atom. The van der Waals surface area contributed by atoms with Gasteiger partial charge in [0.2, 0.25) is 5.91 Å². The van der Waals surface area contributed by atoms with Gasteiger partial charge in [0.05, 0.1) is 16.5 Å². The molecule has 0 unspecified atom stereocenters. The smallest absolute Gasteiger partial charge is 0.328 e. The van der Waals surface area contributed by atoms with Crippen LogP contribution in [0, 0.1) is 0 Å². The predicted molar refractivity (Wildman–Crippen MR) is 124 cm³/mol.